The fourth-order valence-electron chi connectivity index (χ4n) is 3.76. The van der Waals surface area contributed by atoms with E-state index in [1.807, 2.05) is 62.0 Å². The Morgan fingerprint density at radius 1 is 1.00 bits per heavy atom. The Morgan fingerprint density at radius 2 is 1.71 bits per heavy atom. The lowest BCUT2D eigenvalue weighted by Crippen LogP contribution is -2.30. The van der Waals surface area contributed by atoms with Crippen molar-refractivity contribution in [1.29, 1.82) is 0 Å². The van der Waals surface area contributed by atoms with Crippen LogP contribution < -0.4 is 5.32 Å². The Labute approximate surface area is 183 Å². The van der Waals surface area contributed by atoms with Crippen LogP contribution >= 0.6 is 0 Å². The van der Waals surface area contributed by atoms with E-state index in [0.29, 0.717) is 11.5 Å². The van der Waals surface area contributed by atoms with Crippen molar-refractivity contribution in [3.8, 4) is 16.9 Å². The predicted octanol–water partition coefficient (Wildman–Crippen LogP) is 5.66. The van der Waals surface area contributed by atoms with Gasteiger partial charge in [-0.3, -0.25) is 4.79 Å². The number of nitrogens with zero attached hydrogens (tertiary/aromatic N) is 3. The van der Waals surface area contributed by atoms with Gasteiger partial charge >= 0.3 is 0 Å². The number of rotatable bonds is 5. The average Bonchev–Trinajstić information content (AvgIpc) is 3.13. The topological polar surface area (TPSA) is 59.8 Å². The second kappa shape index (κ2) is 8.34. The maximum atomic E-state index is 12.9. The molecule has 1 amide bonds. The molecule has 0 bridgehead atoms. The van der Waals surface area contributed by atoms with Crippen LogP contribution in [0.15, 0.2) is 60.8 Å². The van der Waals surface area contributed by atoms with Gasteiger partial charge in [-0.2, -0.15) is 5.10 Å². The summed E-state index contributed by atoms with van der Waals surface area (Å²) in [6.07, 6.45) is 1.83. The number of hydrogen-bond donors (Lipinski definition) is 1. The Bertz CT molecular complexity index is 1240. The fourth-order valence-corrected chi connectivity index (χ4v) is 3.76. The van der Waals surface area contributed by atoms with Crippen LogP contribution in [0.1, 0.15) is 55.2 Å². The van der Waals surface area contributed by atoms with E-state index >= 15 is 0 Å². The number of pyridine rings is 1. The lowest BCUT2D eigenvalue weighted by Gasteiger charge is -2.12. The number of hydrogen-bond acceptors (Lipinski definition) is 3. The van der Waals surface area contributed by atoms with E-state index in [9.17, 15) is 4.79 Å². The van der Waals surface area contributed by atoms with Gasteiger partial charge in [-0.05, 0) is 56.5 Å². The number of nitrogens with one attached hydrogen (secondary N) is 1. The molecule has 0 aliphatic rings. The van der Waals surface area contributed by atoms with Crippen molar-refractivity contribution in [1.82, 2.24) is 20.1 Å². The smallest absolute Gasteiger partial charge is 0.252 e. The van der Waals surface area contributed by atoms with Crippen LogP contribution in [0.25, 0.3) is 27.8 Å². The molecular weight excluding hydrogens is 384 g/mol. The summed E-state index contributed by atoms with van der Waals surface area (Å²) in [6.45, 7) is 10.3. The number of fused-ring (bicyclic) bond motifs is 1. The molecule has 31 heavy (non-hydrogen) atoms. The van der Waals surface area contributed by atoms with Gasteiger partial charge in [0.25, 0.3) is 5.91 Å². The first kappa shape index (κ1) is 20.8. The molecule has 0 saturated heterocycles. The summed E-state index contributed by atoms with van der Waals surface area (Å²) in [4.78, 5) is 17.7. The van der Waals surface area contributed by atoms with Crippen molar-refractivity contribution in [2.24, 2.45) is 0 Å². The molecule has 158 valence electrons. The maximum absolute atomic E-state index is 12.9. The van der Waals surface area contributed by atoms with Gasteiger partial charge in [0.05, 0.1) is 34.4 Å². The summed E-state index contributed by atoms with van der Waals surface area (Å²) >= 11 is 0. The molecule has 2 aromatic heterocycles. The molecule has 0 spiro atoms. The Balaban J connectivity index is 1.80. The van der Waals surface area contributed by atoms with E-state index < -0.39 is 0 Å². The van der Waals surface area contributed by atoms with Gasteiger partial charge in [-0.25, -0.2) is 9.67 Å². The standard InChI is InChI=1S/C26H28N4O/c1-16(2)19-10-12-20(13-11-19)30-18(5)23(15-27-30)25-14-22(26(31)28-17(3)4)21-8-6-7-9-24(21)29-25/h6-17H,1-5H3,(H,28,31). The molecule has 0 atom stereocenters. The summed E-state index contributed by atoms with van der Waals surface area (Å²) < 4.78 is 1.92. The van der Waals surface area contributed by atoms with Gasteiger partial charge in [0.15, 0.2) is 0 Å². The highest BCUT2D eigenvalue weighted by atomic mass is 16.1. The minimum Gasteiger partial charge on any atom is -0.350 e. The van der Waals surface area contributed by atoms with Gasteiger partial charge in [0, 0.05) is 17.0 Å². The van der Waals surface area contributed by atoms with Crippen LogP contribution in [0.3, 0.4) is 0 Å². The third kappa shape index (κ3) is 4.08. The molecule has 5 heteroatoms. The largest absolute Gasteiger partial charge is 0.350 e. The molecule has 0 unspecified atom stereocenters. The quantitative estimate of drug-likeness (QED) is 0.460. The third-order valence-corrected chi connectivity index (χ3v) is 5.47. The van der Waals surface area contributed by atoms with Crippen LogP contribution in [0.5, 0.6) is 0 Å². The molecule has 1 N–H and O–H groups in total. The van der Waals surface area contributed by atoms with Crippen LogP contribution in [0.2, 0.25) is 0 Å². The molecule has 2 heterocycles. The Kier molecular flexibility index (Phi) is 5.59. The van der Waals surface area contributed by atoms with Crippen LogP contribution in [-0.2, 0) is 0 Å². The SMILES string of the molecule is Cc1c(-c2cc(C(=O)NC(C)C)c3ccccc3n2)cnn1-c1ccc(C(C)C)cc1. The number of carbonyl (C=O) groups excluding carboxylic acids is 1. The normalized spacial score (nSPS) is 11.5. The zero-order chi connectivity index (χ0) is 22.1. The molecule has 5 nitrogen and oxygen atoms in total. The lowest BCUT2D eigenvalue weighted by molar-refractivity contribution is 0.0944. The molecule has 2 aromatic carbocycles. The van der Waals surface area contributed by atoms with Gasteiger partial charge in [0.2, 0.25) is 0 Å². The van der Waals surface area contributed by atoms with E-state index in [0.717, 1.165) is 33.5 Å². The van der Waals surface area contributed by atoms with Gasteiger partial charge in [0.1, 0.15) is 0 Å². The molecule has 0 aliphatic carbocycles. The molecule has 4 rings (SSSR count). The summed E-state index contributed by atoms with van der Waals surface area (Å²) in [5.41, 5.74) is 6.37. The maximum Gasteiger partial charge on any atom is 0.252 e. The minimum atomic E-state index is -0.0934. The zero-order valence-corrected chi connectivity index (χ0v) is 18.7. The van der Waals surface area contributed by atoms with E-state index in [4.69, 9.17) is 4.98 Å². The first-order chi connectivity index (χ1) is 14.8. The molecule has 0 fully saturated rings. The Morgan fingerprint density at radius 3 is 2.39 bits per heavy atom. The second-order valence-corrected chi connectivity index (χ2v) is 8.50. The molecule has 4 aromatic rings. The van der Waals surface area contributed by atoms with Crippen molar-refractivity contribution in [3.05, 3.63) is 77.6 Å². The number of para-hydroxylation sites is 1. The van der Waals surface area contributed by atoms with Gasteiger partial charge in [-0.15, -0.1) is 0 Å². The number of carbonyl (C=O) groups is 1. The van der Waals surface area contributed by atoms with Crippen molar-refractivity contribution in [2.75, 3.05) is 0 Å². The number of aromatic nitrogens is 3. The minimum absolute atomic E-state index is 0.0566. The second-order valence-electron chi connectivity index (χ2n) is 8.50. The average molecular weight is 413 g/mol. The third-order valence-electron chi connectivity index (χ3n) is 5.47. The predicted molar refractivity (Wildman–Crippen MR) is 126 cm³/mol. The monoisotopic (exact) mass is 412 g/mol. The molecular formula is C26H28N4O. The van der Waals surface area contributed by atoms with E-state index in [1.165, 1.54) is 5.56 Å². The molecule has 0 aliphatic heterocycles. The summed E-state index contributed by atoms with van der Waals surface area (Å²) in [7, 11) is 0. The lowest BCUT2D eigenvalue weighted by atomic mass is 10.0. The van der Waals surface area contributed by atoms with E-state index in [2.05, 4.69) is 48.5 Å². The summed E-state index contributed by atoms with van der Waals surface area (Å²) in [6, 6.07) is 18.1. The Hall–Kier alpha value is -3.47. The van der Waals surface area contributed by atoms with Crippen LogP contribution in [0.4, 0.5) is 0 Å². The summed E-state index contributed by atoms with van der Waals surface area (Å²) in [5.74, 6) is 0.393. The van der Waals surface area contributed by atoms with Crippen molar-refractivity contribution in [3.63, 3.8) is 0 Å². The summed E-state index contributed by atoms with van der Waals surface area (Å²) in [5, 5.41) is 8.46. The van der Waals surface area contributed by atoms with Crippen molar-refractivity contribution < 1.29 is 4.79 Å². The van der Waals surface area contributed by atoms with Crippen LogP contribution in [0, 0.1) is 6.92 Å². The van der Waals surface area contributed by atoms with Crippen LogP contribution in [-0.4, -0.2) is 26.7 Å². The zero-order valence-electron chi connectivity index (χ0n) is 18.7. The van der Waals surface area contributed by atoms with Crippen molar-refractivity contribution in [2.45, 2.75) is 46.6 Å². The van der Waals surface area contributed by atoms with Gasteiger partial charge < -0.3 is 5.32 Å². The number of benzene rings is 2. The van der Waals surface area contributed by atoms with Crippen molar-refractivity contribution >= 4 is 16.8 Å². The first-order valence-electron chi connectivity index (χ1n) is 10.7. The molecule has 0 saturated carbocycles. The fraction of sp³-hybridized carbons (Fsp3) is 0.269. The highest BCUT2D eigenvalue weighted by molar-refractivity contribution is 6.07. The van der Waals surface area contributed by atoms with E-state index in [1.54, 1.807) is 0 Å². The molecule has 0 radical (unpaired) electrons. The van der Waals surface area contributed by atoms with E-state index in [-0.39, 0.29) is 11.9 Å². The highest BCUT2D eigenvalue weighted by Gasteiger charge is 2.17. The van der Waals surface area contributed by atoms with Gasteiger partial charge in [-0.1, -0.05) is 44.2 Å². The number of amides is 1. The highest BCUT2D eigenvalue weighted by Crippen LogP contribution is 2.28. The first-order valence-corrected chi connectivity index (χ1v) is 10.7.